The number of rotatable bonds is 6. The van der Waals surface area contributed by atoms with E-state index in [9.17, 15) is 8.42 Å². The highest BCUT2D eigenvalue weighted by molar-refractivity contribution is 8.13. The largest absolute Gasteiger partial charge is 0.382 e. The molecule has 0 saturated heterocycles. The number of hydrogen-bond donors (Lipinski definition) is 0. The number of ether oxygens (including phenoxy) is 1. The van der Waals surface area contributed by atoms with E-state index in [4.69, 9.17) is 15.4 Å². The molecule has 114 valence electrons. The Morgan fingerprint density at radius 2 is 1.95 bits per heavy atom. The number of hydrogen-bond acceptors (Lipinski definition) is 5. The van der Waals surface area contributed by atoms with Gasteiger partial charge in [-0.2, -0.15) is 0 Å². The van der Waals surface area contributed by atoms with Gasteiger partial charge >= 0.3 is 0 Å². The summed E-state index contributed by atoms with van der Waals surface area (Å²) >= 11 is 0. The van der Waals surface area contributed by atoms with Crippen molar-refractivity contribution in [3.05, 3.63) is 36.2 Å². The van der Waals surface area contributed by atoms with Gasteiger partial charge in [0, 0.05) is 29.9 Å². The molecule has 0 spiro atoms. The number of methoxy groups -OCH3 is 1. The zero-order valence-electron chi connectivity index (χ0n) is 11.7. The molecule has 1 unspecified atom stereocenters. The first-order valence-corrected chi connectivity index (χ1v) is 8.71. The first-order chi connectivity index (χ1) is 9.93. The quantitative estimate of drug-likeness (QED) is 0.759. The minimum absolute atomic E-state index is 0.0435. The SMILES string of the molecule is COC(C)CCc1nnc(S(=O)(=O)Cl)n1-c1ccccc1. The van der Waals surface area contributed by atoms with Crippen LogP contribution in [0.2, 0.25) is 0 Å². The third kappa shape index (κ3) is 3.81. The minimum Gasteiger partial charge on any atom is -0.382 e. The summed E-state index contributed by atoms with van der Waals surface area (Å²) in [4.78, 5) is 0. The number of aromatic nitrogens is 3. The standard InChI is InChI=1S/C13H16ClN3O3S/c1-10(20-2)8-9-12-15-16-13(21(14,18)19)17(12)11-6-4-3-5-7-11/h3-7,10H,8-9H2,1-2H3. The molecule has 1 atom stereocenters. The van der Waals surface area contributed by atoms with Crippen LogP contribution >= 0.6 is 10.7 Å². The molecule has 0 amide bonds. The van der Waals surface area contributed by atoms with Crippen LogP contribution in [0.3, 0.4) is 0 Å². The van der Waals surface area contributed by atoms with E-state index in [1.54, 1.807) is 19.2 Å². The summed E-state index contributed by atoms with van der Waals surface area (Å²) in [5, 5.41) is 7.41. The van der Waals surface area contributed by atoms with Crippen LogP contribution in [-0.4, -0.2) is 36.4 Å². The highest BCUT2D eigenvalue weighted by atomic mass is 35.7. The van der Waals surface area contributed by atoms with Crippen molar-refractivity contribution < 1.29 is 13.2 Å². The molecule has 2 aromatic rings. The van der Waals surface area contributed by atoms with Crippen LogP contribution in [0, 0.1) is 0 Å². The zero-order chi connectivity index (χ0) is 15.5. The second-order valence-electron chi connectivity index (χ2n) is 4.59. The van der Waals surface area contributed by atoms with Crippen LogP contribution < -0.4 is 0 Å². The van der Waals surface area contributed by atoms with Crippen LogP contribution in [-0.2, 0) is 20.2 Å². The van der Waals surface area contributed by atoms with Gasteiger partial charge in [0.2, 0.25) is 0 Å². The minimum atomic E-state index is -3.97. The van der Waals surface area contributed by atoms with Crippen molar-refractivity contribution in [2.24, 2.45) is 0 Å². The molecule has 0 N–H and O–H groups in total. The van der Waals surface area contributed by atoms with Crippen LogP contribution in [0.4, 0.5) is 0 Å². The van der Waals surface area contributed by atoms with Crippen molar-refractivity contribution in [1.29, 1.82) is 0 Å². The molecule has 8 heteroatoms. The van der Waals surface area contributed by atoms with Gasteiger partial charge in [-0.1, -0.05) is 18.2 Å². The molecule has 0 aliphatic heterocycles. The summed E-state index contributed by atoms with van der Waals surface area (Å²) in [5.74, 6) is 0.532. The summed E-state index contributed by atoms with van der Waals surface area (Å²) in [6.07, 6.45) is 1.27. The molecule has 0 bridgehead atoms. The maximum atomic E-state index is 11.7. The zero-order valence-corrected chi connectivity index (χ0v) is 13.3. The first-order valence-electron chi connectivity index (χ1n) is 6.40. The number of para-hydroxylation sites is 1. The fraction of sp³-hybridized carbons (Fsp3) is 0.385. The Kier molecular flexibility index (Phi) is 4.97. The highest BCUT2D eigenvalue weighted by Gasteiger charge is 2.23. The average molecular weight is 330 g/mol. The molecule has 1 aromatic heterocycles. The molecule has 1 aromatic carbocycles. The molecule has 21 heavy (non-hydrogen) atoms. The molecule has 6 nitrogen and oxygen atoms in total. The van der Waals surface area contributed by atoms with Gasteiger partial charge in [-0.25, -0.2) is 8.42 Å². The molecule has 0 aliphatic carbocycles. The Hall–Kier alpha value is -1.44. The van der Waals surface area contributed by atoms with Crippen molar-refractivity contribution in [2.75, 3.05) is 7.11 Å². The van der Waals surface area contributed by atoms with Crippen LogP contribution in [0.25, 0.3) is 5.69 Å². The number of nitrogens with zero attached hydrogens (tertiary/aromatic N) is 3. The van der Waals surface area contributed by atoms with Gasteiger partial charge in [0.25, 0.3) is 14.2 Å². The van der Waals surface area contributed by atoms with Crippen LogP contribution in [0.5, 0.6) is 0 Å². The summed E-state index contributed by atoms with van der Waals surface area (Å²) in [6.45, 7) is 1.93. The molecule has 0 saturated carbocycles. The lowest BCUT2D eigenvalue weighted by Gasteiger charge is -2.11. The van der Waals surface area contributed by atoms with Crippen LogP contribution in [0.15, 0.2) is 35.5 Å². The Bertz CT molecular complexity index is 701. The van der Waals surface area contributed by atoms with Gasteiger partial charge in [-0.3, -0.25) is 4.57 Å². The molecule has 0 aliphatic rings. The van der Waals surface area contributed by atoms with Crippen molar-refractivity contribution in [3.63, 3.8) is 0 Å². The molecular weight excluding hydrogens is 314 g/mol. The topological polar surface area (TPSA) is 74.1 Å². The second kappa shape index (κ2) is 6.55. The Labute approximate surface area is 128 Å². The van der Waals surface area contributed by atoms with Crippen molar-refractivity contribution >= 4 is 19.7 Å². The molecular formula is C13H16ClN3O3S. The maximum absolute atomic E-state index is 11.7. The Morgan fingerprint density at radius 1 is 1.29 bits per heavy atom. The lowest BCUT2D eigenvalue weighted by atomic mass is 10.2. The molecule has 1 heterocycles. The smallest absolute Gasteiger partial charge is 0.297 e. The van der Waals surface area contributed by atoms with Gasteiger partial charge in [0.05, 0.1) is 6.10 Å². The first kappa shape index (κ1) is 15.9. The molecule has 0 fully saturated rings. The van der Waals surface area contributed by atoms with Gasteiger partial charge in [-0.05, 0) is 25.5 Å². The molecule has 0 radical (unpaired) electrons. The summed E-state index contributed by atoms with van der Waals surface area (Å²) in [6, 6.07) is 9.01. The van der Waals surface area contributed by atoms with Gasteiger partial charge in [0.1, 0.15) is 5.82 Å². The number of halogens is 1. The Morgan fingerprint density at radius 3 is 2.52 bits per heavy atom. The number of benzene rings is 1. The van der Waals surface area contributed by atoms with Crippen molar-refractivity contribution in [2.45, 2.75) is 31.0 Å². The fourth-order valence-corrected chi connectivity index (χ4v) is 2.77. The molecule has 2 rings (SSSR count). The lowest BCUT2D eigenvalue weighted by Crippen LogP contribution is -2.11. The normalized spacial score (nSPS) is 13.3. The van der Waals surface area contributed by atoms with E-state index in [1.165, 1.54) is 4.57 Å². The highest BCUT2D eigenvalue weighted by Crippen LogP contribution is 2.21. The van der Waals surface area contributed by atoms with E-state index in [0.717, 1.165) is 0 Å². The van der Waals surface area contributed by atoms with E-state index in [0.29, 0.717) is 24.4 Å². The van der Waals surface area contributed by atoms with Crippen molar-refractivity contribution in [1.82, 2.24) is 14.8 Å². The third-order valence-electron chi connectivity index (χ3n) is 3.11. The van der Waals surface area contributed by atoms with Gasteiger partial charge in [-0.15, -0.1) is 10.2 Å². The fourth-order valence-electron chi connectivity index (χ4n) is 1.91. The van der Waals surface area contributed by atoms with E-state index in [1.807, 2.05) is 25.1 Å². The van der Waals surface area contributed by atoms with E-state index < -0.39 is 9.05 Å². The lowest BCUT2D eigenvalue weighted by molar-refractivity contribution is 0.110. The predicted octanol–water partition coefficient (Wildman–Crippen LogP) is 2.16. The Balaban J connectivity index is 2.45. The summed E-state index contributed by atoms with van der Waals surface area (Å²) < 4.78 is 30.0. The van der Waals surface area contributed by atoms with Crippen molar-refractivity contribution in [3.8, 4) is 5.69 Å². The number of aryl methyl sites for hydroxylation is 1. The third-order valence-corrected chi connectivity index (χ3v) is 4.22. The maximum Gasteiger partial charge on any atom is 0.297 e. The summed E-state index contributed by atoms with van der Waals surface area (Å²) in [7, 11) is 3.09. The van der Waals surface area contributed by atoms with E-state index in [2.05, 4.69) is 10.2 Å². The summed E-state index contributed by atoms with van der Waals surface area (Å²) in [5.41, 5.74) is 0.654. The van der Waals surface area contributed by atoms with Crippen LogP contribution in [0.1, 0.15) is 19.2 Å². The predicted molar refractivity (Wildman–Crippen MR) is 79.2 cm³/mol. The monoisotopic (exact) mass is 329 g/mol. The van der Waals surface area contributed by atoms with Gasteiger partial charge < -0.3 is 4.74 Å². The second-order valence-corrected chi connectivity index (χ2v) is 7.05. The van der Waals surface area contributed by atoms with E-state index in [-0.39, 0.29) is 11.3 Å². The average Bonchev–Trinajstić information content (AvgIpc) is 2.89. The van der Waals surface area contributed by atoms with Gasteiger partial charge in [0.15, 0.2) is 0 Å². The van der Waals surface area contributed by atoms with E-state index >= 15 is 0 Å².